The van der Waals surface area contributed by atoms with E-state index >= 15 is 0 Å². The predicted molar refractivity (Wildman–Crippen MR) is 54.8 cm³/mol. The van der Waals surface area contributed by atoms with Crippen molar-refractivity contribution in [2.45, 2.75) is 0 Å². The summed E-state index contributed by atoms with van der Waals surface area (Å²) in [4.78, 5) is 11.9. The molecule has 1 aliphatic heterocycles. The van der Waals surface area contributed by atoms with E-state index < -0.39 is 7.77 Å². The Balaban J connectivity index is 2.25. The summed E-state index contributed by atoms with van der Waals surface area (Å²) < 4.78 is 10.5. The zero-order chi connectivity index (χ0) is 9.80. The minimum absolute atomic E-state index is 0.351. The van der Waals surface area contributed by atoms with E-state index in [0.717, 1.165) is 5.30 Å². The number of ether oxygens (including phenoxy) is 2. The van der Waals surface area contributed by atoms with Gasteiger partial charge in [-0.15, -0.1) is 0 Å². The molecular formula is C10H11O3P. The summed E-state index contributed by atoms with van der Waals surface area (Å²) >= 11 is 0. The van der Waals surface area contributed by atoms with Crippen LogP contribution in [0.5, 0.6) is 0 Å². The van der Waals surface area contributed by atoms with Crippen molar-refractivity contribution in [3.05, 3.63) is 30.3 Å². The average Bonchev–Trinajstić information content (AvgIpc) is 2.30. The maximum absolute atomic E-state index is 11.9. The molecule has 1 heterocycles. The second-order valence-corrected chi connectivity index (χ2v) is 4.53. The molecule has 1 atom stereocenters. The molecule has 3 nitrogen and oxygen atoms in total. The Morgan fingerprint density at radius 3 is 2.57 bits per heavy atom. The van der Waals surface area contributed by atoms with Crippen molar-refractivity contribution in [2.24, 2.45) is 0 Å². The summed E-state index contributed by atoms with van der Waals surface area (Å²) in [5, 5.41) is 0.794. The molecule has 14 heavy (non-hydrogen) atoms. The third-order valence-corrected chi connectivity index (χ3v) is 3.42. The molecule has 0 N–H and O–H groups in total. The van der Waals surface area contributed by atoms with E-state index in [9.17, 15) is 4.89 Å². The summed E-state index contributed by atoms with van der Waals surface area (Å²) in [6.45, 7) is 1.44. The van der Waals surface area contributed by atoms with Gasteiger partial charge in [0.05, 0.1) is 13.2 Å². The smallest absolute Gasteiger partial charge is 0.253 e. The summed E-state index contributed by atoms with van der Waals surface area (Å²) in [6, 6.07) is 9.31. The Hall–Kier alpha value is -0.730. The fourth-order valence-electron chi connectivity index (χ4n) is 1.24. The first kappa shape index (κ1) is 9.81. The maximum Gasteiger partial charge on any atom is 0.253 e. The van der Waals surface area contributed by atoms with Crippen molar-refractivity contribution in [1.29, 1.82) is 0 Å². The van der Waals surface area contributed by atoms with Crippen molar-refractivity contribution in [1.82, 2.24) is 0 Å². The van der Waals surface area contributed by atoms with Gasteiger partial charge in [0, 0.05) is 0 Å². The van der Waals surface area contributed by atoms with Crippen LogP contribution in [0, 0.1) is 0 Å². The Morgan fingerprint density at radius 2 is 1.93 bits per heavy atom. The van der Waals surface area contributed by atoms with E-state index in [2.05, 4.69) is 0 Å². The van der Waals surface area contributed by atoms with Crippen LogP contribution < -0.4 is 10.2 Å². The van der Waals surface area contributed by atoms with E-state index in [1.165, 1.54) is 0 Å². The first-order valence-corrected chi connectivity index (χ1v) is 5.72. The lowest BCUT2D eigenvalue weighted by Gasteiger charge is -2.13. The third kappa shape index (κ3) is 2.20. The van der Waals surface area contributed by atoms with Crippen molar-refractivity contribution < 1.29 is 14.4 Å². The molecule has 1 saturated heterocycles. The molecule has 0 radical (unpaired) electrons. The number of hydrogen-bond acceptors (Lipinski definition) is 3. The highest BCUT2D eigenvalue weighted by atomic mass is 31.1. The molecule has 0 bridgehead atoms. The van der Waals surface area contributed by atoms with Crippen molar-refractivity contribution >= 4 is 18.6 Å². The van der Waals surface area contributed by atoms with E-state index in [0.29, 0.717) is 25.3 Å². The molecule has 0 saturated carbocycles. The van der Waals surface area contributed by atoms with Gasteiger partial charge in [-0.2, -0.15) is 0 Å². The van der Waals surface area contributed by atoms with Crippen LogP contribution in [0.2, 0.25) is 0 Å². The van der Waals surface area contributed by atoms with Crippen LogP contribution >= 0.6 is 7.77 Å². The highest BCUT2D eigenvalue weighted by Crippen LogP contribution is 2.16. The first-order chi connectivity index (χ1) is 6.88. The topological polar surface area (TPSA) is 41.5 Å². The van der Waals surface area contributed by atoms with Crippen LogP contribution in [0.4, 0.5) is 0 Å². The molecule has 0 spiro atoms. The molecule has 1 fully saturated rings. The van der Waals surface area contributed by atoms with Crippen LogP contribution in [0.1, 0.15) is 0 Å². The molecule has 1 unspecified atom stereocenters. The number of rotatable bonds is 1. The first-order valence-electron chi connectivity index (χ1n) is 4.46. The monoisotopic (exact) mass is 210 g/mol. The average molecular weight is 210 g/mol. The lowest BCUT2D eigenvalue weighted by Crippen LogP contribution is -2.26. The zero-order valence-corrected chi connectivity index (χ0v) is 8.57. The SMILES string of the molecule is [O-][P+](=C1COCCO1)c1ccccc1. The van der Waals surface area contributed by atoms with E-state index in [1.807, 2.05) is 30.3 Å². The summed E-state index contributed by atoms with van der Waals surface area (Å²) in [6.07, 6.45) is 0. The second kappa shape index (κ2) is 4.67. The summed E-state index contributed by atoms with van der Waals surface area (Å²) in [5.41, 5.74) is 0.553. The Bertz CT molecular complexity index is 326. The Labute approximate surface area is 83.8 Å². The fourth-order valence-corrected chi connectivity index (χ4v) is 2.39. The van der Waals surface area contributed by atoms with Crippen LogP contribution in [-0.2, 0) is 9.47 Å². The molecule has 1 aromatic carbocycles. The standard InChI is InChI=1S/C10H11O3P/c11-14(9-4-2-1-3-5-9)10-8-12-6-7-13-10/h1-5H,6-8H2. The predicted octanol–water partition coefficient (Wildman–Crippen LogP) is 0.246. The second-order valence-electron chi connectivity index (χ2n) is 2.92. The van der Waals surface area contributed by atoms with Crippen LogP contribution in [0.25, 0.3) is 0 Å². The van der Waals surface area contributed by atoms with Gasteiger partial charge in [-0.05, 0) is 12.1 Å². The van der Waals surface area contributed by atoms with Crippen molar-refractivity contribution in [2.75, 3.05) is 19.8 Å². The van der Waals surface area contributed by atoms with Gasteiger partial charge >= 0.3 is 0 Å². The van der Waals surface area contributed by atoms with Gasteiger partial charge in [0.1, 0.15) is 19.7 Å². The summed E-state index contributed by atoms with van der Waals surface area (Å²) in [7, 11) is -1.57. The van der Waals surface area contributed by atoms with Crippen LogP contribution in [-0.4, -0.2) is 25.3 Å². The minimum atomic E-state index is -1.57. The van der Waals surface area contributed by atoms with Gasteiger partial charge in [0.15, 0.2) is 0 Å². The highest BCUT2D eigenvalue weighted by molar-refractivity contribution is 7.59. The molecule has 0 aliphatic carbocycles. The van der Waals surface area contributed by atoms with Crippen molar-refractivity contribution in [3.8, 4) is 0 Å². The van der Waals surface area contributed by atoms with E-state index in [-0.39, 0.29) is 0 Å². The quantitative estimate of drug-likeness (QED) is 0.624. The molecule has 74 valence electrons. The minimum Gasteiger partial charge on any atom is -0.624 e. The van der Waals surface area contributed by atoms with Crippen LogP contribution in [0.3, 0.4) is 0 Å². The molecule has 0 amide bonds. The highest BCUT2D eigenvalue weighted by Gasteiger charge is 2.17. The summed E-state index contributed by atoms with van der Waals surface area (Å²) in [5.74, 6) is 0. The van der Waals surface area contributed by atoms with Gasteiger partial charge in [-0.3, -0.25) is 0 Å². The van der Waals surface area contributed by atoms with Crippen LogP contribution in [0.15, 0.2) is 30.3 Å². The Morgan fingerprint density at radius 1 is 1.14 bits per heavy atom. The van der Waals surface area contributed by atoms with Gasteiger partial charge in [-0.25, -0.2) is 0 Å². The Kier molecular flexibility index (Phi) is 3.27. The third-order valence-electron chi connectivity index (χ3n) is 1.94. The van der Waals surface area contributed by atoms with Crippen molar-refractivity contribution in [3.63, 3.8) is 0 Å². The normalized spacial score (nSPS) is 20.6. The molecule has 0 aromatic heterocycles. The molecule has 2 rings (SSSR count). The maximum atomic E-state index is 11.9. The van der Waals surface area contributed by atoms with Gasteiger partial charge in [-0.1, -0.05) is 18.2 Å². The molecule has 1 aromatic rings. The fraction of sp³-hybridized carbons (Fsp3) is 0.300. The number of hydrogen-bond donors (Lipinski definition) is 0. The largest absolute Gasteiger partial charge is 0.624 e. The molecule has 4 heteroatoms. The van der Waals surface area contributed by atoms with Gasteiger partial charge in [0.2, 0.25) is 0 Å². The molecule has 1 aliphatic rings. The van der Waals surface area contributed by atoms with E-state index in [1.54, 1.807) is 0 Å². The molecular weight excluding hydrogens is 199 g/mol. The lowest BCUT2D eigenvalue weighted by atomic mass is 10.4. The lowest BCUT2D eigenvalue weighted by molar-refractivity contribution is -0.150. The van der Waals surface area contributed by atoms with E-state index in [4.69, 9.17) is 9.47 Å². The zero-order valence-electron chi connectivity index (χ0n) is 7.68. The van der Waals surface area contributed by atoms with Gasteiger partial charge < -0.3 is 14.4 Å². The number of benzene rings is 1. The van der Waals surface area contributed by atoms with Gasteiger partial charge in [0.25, 0.3) is 5.48 Å².